The van der Waals surface area contributed by atoms with Crippen LogP contribution in [0.5, 0.6) is 0 Å². The molecule has 2 rings (SSSR count). The van der Waals surface area contributed by atoms with Gasteiger partial charge < -0.3 is 15.4 Å². The first-order valence-corrected chi connectivity index (χ1v) is 6.68. The monoisotopic (exact) mass is 321 g/mol. The summed E-state index contributed by atoms with van der Waals surface area (Å²) < 4.78 is 4.92. The summed E-state index contributed by atoms with van der Waals surface area (Å²) in [6.45, 7) is 0. The van der Waals surface area contributed by atoms with Crippen molar-refractivity contribution in [3.05, 3.63) is 54.2 Å². The number of hydrogen-bond donors (Lipinski definition) is 1. The number of nitrogens with two attached hydrogens (primary N) is 1. The quantitative estimate of drug-likeness (QED) is 0.856. The maximum atomic E-state index is 12.1. The lowest BCUT2D eigenvalue weighted by Crippen LogP contribution is -2.41. The molecule has 0 aliphatic heterocycles. The number of anilines is 2. The second-order valence-electron chi connectivity index (χ2n) is 4.76. The average molecular weight is 322 g/mol. The average Bonchev–Trinajstić information content (AvgIpc) is 2.53. The molecule has 1 heterocycles. The van der Waals surface area contributed by atoms with Gasteiger partial charge in [0.15, 0.2) is 5.82 Å². The van der Waals surface area contributed by atoms with Gasteiger partial charge in [-0.1, -0.05) is 30.3 Å². The number of nitrogen functional groups attached to an aromatic ring is 1. The standard InChI is InChI=1S/C16H19N3O2.ClH/c1-19(15-13(17)9-6-10-18-15)14(16(20)21-2)11-12-7-4-3-5-8-12;/h3-10,14H,11,17H2,1-2H3;1H. The highest BCUT2D eigenvalue weighted by Gasteiger charge is 2.26. The van der Waals surface area contributed by atoms with Gasteiger partial charge >= 0.3 is 5.97 Å². The van der Waals surface area contributed by atoms with Crippen LogP contribution in [0.3, 0.4) is 0 Å². The molecule has 0 spiro atoms. The molecular formula is C16H20ClN3O2. The minimum atomic E-state index is -0.477. The van der Waals surface area contributed by atoms with E-state index in [0.717, 1.165) is 5.56 Å². The van der Waals surface area contributed by atoms with Crippen LogP contribution in [0.1, 0.15) is 5.56 Å². The topological polar surface area (TPSA) is 68.5 Å². The number of aromatic nitrogens is 1. The Morgan fingerprint density at radius 3 is 2.55 bits per heavy atom. The van der Waals surface area contributed by atoms with Crippen molar-refractivity contribution >= 4 is 29.9 Å². The fourth-order valence-corrected chi connectivity index (χ4v) is 2.20. The molecule has 1 aromatic heterocycles. The van der Waals surface area contributed by atoms with Crippen molar-refractivity contribution in [2.24, 2.45) is 0 Å². The molecule has 6 heteroatoms. The summed E-state index contributed by atoms with van der Waals surface area (Å²) in [6.07, 6.45) is 2.18. The van der Waals surface area contributed by atoms with E-state index in [1.54, 1.807) is 30.3 Å². The number of esters is 1. The van der Waals surface area contributed by atoms with Crippen LogP contribution >= 0.6 is 12.4 Å². The minimum Gasteiger partial charge on any atom is -0.467 e. The maximum absolute atomic E-state index is 12.1. The number of likely N-dealkylation sites (N-methyl/N-ethyl adjacent to an activating group) is 1. The Balaban J connectivity index is 0.00000242. The summed E-state index contributed by atoms with van der Waals surface area (Å²) in [5.41, 5.74) is 7.52. The molecule has 0 aliphatic carbocycles. The molecule has 0 saturated heterocycles. The highest BCUT2D eigenvalue weighted by Crippen LogP contribution is 2.22. The molecule has 0 radical (unpaired) electrons. The van der Waals surface area contributed by atoms with Gasteiger partial charge in [-0.2, -0.15) is 0 Å². The lowest BCUT2D eigenvalue weighted by Gasteiger charge is -2.27. The number of carbonyl (C=O) groups excluding carboxylic acids is 1. The van der Waals surface area contributed by atoms with Crippen LogP contribution in [0.15, 0.2) is 48.7 Å². The van der Waals surface area contributed by atoms with Gasteiger partial charge in [-0.3, -0.25) is 0 Å². The van der Waals surface area contributed by atoms with Crippen molar-refractivity contribution in [1.82, 2.24) is 4.98 Å². The molecule has 22 heavy (non-hydrogen) atoms. The van der Waals surface area contributed by atoms with Gasteiger partial charge in [-0.25, -0.2) is 9.78 Å². The molecule has 2 N–H and O–H groups in total. The number of carbonyl (C=O) groups is 1. The molecule has 1 unspecified atom stereocenters. The number of rotatable bonds is 5. The molecular weight excluding hydrogens is 302 g/mol. The lowest BCUT2D eigenvalue weighted by molar-refractivity contribution is -0.142. The van der Waals surface area contributed by atoms with Gasteiger partial charge in [-0.15, -0.1) is 12.4 Å². The zero-order chi connectivity index (χ0) is 15.2. The minimum absolute atomic E-state index is 0. The normalized spacial score (nSPS) is 11.2. The third-order valence-electron chi connectivity index (χ3n) is 3.36. The predicted octanol–water partition coefficient (Wildman–Crippen LogP) is 2.31. The van der Waals surface area contributed by atoms with Crippen LogP contribution in [0.2, 0.25) is 0 Å². The number of hydrogen-bond acceptors (Lipinski definition) is 5. The highest BCUT2D eigenvalue weighted by atomic mass is 35.5. The van der Waals surface area contributed by atoms with Crippen molar-refractivity contribution in [2.45, 2.75) is 12.5 Å². The summed E-state index contributed by atoms with van der Waals surface area (Å²) in [5, 5.41) is 0. The molecule has 5 nitrogen and oxygen atoms in total. The van der Waals surface area contributed by atoms with E-state index in [2.05, 4.69) is 4.98 Å². The summed E-state index contributed by atoms with van der Waals surface area (Å²) in [5.74, 6) is 0.259. The van der Waals surface area contributed by atoms with Crippen molar-refractivity contribution in [3.63, 3.8) is 0 Å². The first-order chi connectivity index (χ1) is 10.1. The predicted molar refractivity (Wildman–Crippen MR) is 90.3 cm³/mol. The third-order valence-corrected chi connectivity index (χ3v) is 3.36. The van der Waals surface area contributed by atoms with Gasteiger partial charge in [0, 0.05) is 19.7 Å². The molecule has 2 aromatic rings. The SMILES string of the molecule is COC(=O)C(Cc1ccccc1)N(C)c1ncccc1N.Cl. The second kappa shape index (κ2) is 8.24. The Bertz CT molecular complexity index is 607. The summed E-state index contributed by atoms with van der Waals surface area (Å²) in [7, 11) is 3.18. The molecule has 1 aromatic carbocycles. The van der Waals surface area contributed by atoms with Gasteiger partial charge in [0.2, 0.25) is 0 Å². The van der Waals surface area contributed by atoms with E-state index in [0.29, 0.717) is 17.9 Å². The highest BCUT2D eigenvalue weighted by molar-refractivity contribution is 5.85. The van der Waals surface area contributed by atoms with E-state index in [4.69, 9.17) is 10.5 Å². The molecule has 0 saturated carbocycles. The van der Waals surface area contributed by atoms with E-state index < -0.39 is 6.04 Å². The van der Waals surface area contributed by atoms with Crippen LogP contribution < -0.4 is 10.6 Å². The molecule has 0 fully saturated rings. The van der Waals surface area contributed by atoms with E-state index in [1.807, 2.05) is 30.3 Å². The Morgan fingerprint density at radius 2 is 1.95 bits per heavy atom. The van der Waals surface area contributed by atoms with Crippen molar-refractivity contribution in [1.29, 1.82) is 0 Å². The van der Waals surface area contributed by atoms with E-state index in [9.17, 15) is 4.79 Å². The molecule has 1 atom stereocenters. The zero-order valence-electron chi connectivity index (χ0n) is 12.6. The van der Waals surface area contributed by atoms with Gasteiger partial charge in [0.05, 0.1) is 12.8 Å². The Morgan fingerprint density at radius 1 is 1.27 bits per heavy atom. The second-order valence-corrected chi connectivity index (χ2v) is 4.76. The molecule has 0 bridgehead atoms. The summed E-state index contributed by atoms with van der Waals surface area (Å²) >= 11 is 0. The first-order valence-electron chi connectivity index (χ1n) is 6.68. The smallest absolute Gasteiger partial charge is 0.328 e. The van der Waals surface area contributed by atoms with Crippen LogP contribution in [-0.4, -0.2) is 31.2 Å². The van der Waals surface area contributed by atoms with Crippen molar-refractivity contribution in [3.8, 4) is 0 Å². The van der Waals surface area contributed by atoms with Crippen LogP contribution in [0.4, 0.5) is 11.5 Å². The Hall–Kier alpha value is -2.27. The number of ether oxygens (including phenoxy) is 1. The summed E-state index contributed by atoms with van der Waals surface area (Å²) in [6, 6.07) is 12.8. The Labute approximate surface area is 136 Å². The largest absolute Gasteiger partial charge is 0.467 e. The molecule has 0 aliphatic rings. The van der Waals surface area contributed by atoms with Gasteiger partial charge in [0.1, 0.15) is 6.04 Å². The van der Waals surface area contributed by atoms with Crippen molar-refractivity contribution < 1.29 is 9.53 Å². The van der Waals surface area contributed by atoms with Gasteiger partial charge in [-0.05, 0) is 17.7 Å². The number of nitrogens with zero attached hydrogens (tertiary/aromatic N) is 2. The van der Waals surface area contributed by atoms with Crippen LogP contribution in [-0.2, 0) is 16.0 Å². The number of pyridine rings is 1. The van der Waals surface area contributed by atoms with E-state index >= 15 is 0 Å². The maximum Gasteiger partial charge on any atom is 0.328 e. The zero-order valence-corrected chi connectivity index (χ0v) is 13.4. The van der Waals surface area contributed by atoms with E-state index in [1.165, 1.54) is 7.11 Å². The number of benzene rings is 1. The fraction of sp³-hybridized carbons (Fsp3) is 0.250. The first kappa shape index (κ1) is 17.8. The number of methoxy groups -OCH3 is 1. The Kier molecular flexibility index (Phi) is 6.66. The van der Waals surface area contributed by atoms with Crippen LogP contribution in [0.25, 0.3) is 0 Å². The lowest BCUT2D eigenvalue weighted by atomic mass is 10.0. The van der Waals surface area contributed by atoms with Crippen LogP contribution in [0, 0.1) is 0 Å². The number of halogens is 1. The fourth-order valence-electron chi connectivity index (χ4n) is 2.20. The van der Waals surface area contributed by atoms with Gasteiger partial charge in [0.25, 0.3) is 0 Å². The summed E-state index contributed by atoms with van der Waals surface area (Å²) in [4.78, 5) is 18.1. The van der Waals surface area contributed by atoms with E-state index in [-0.39, 0.29) is 18.4 Å². The van der Waals surface area contributed by atoms with Crippen molar-refractivity contribution in [2.75, 3.05) is 24.8 Å². The molecule has 0 amide bonds. The third kappa shape index (κ3) is 4.11. The molecule has 118 valence electrons.